The molecule has 0 saturated heterocycles. The molecule has 0 heterocycles. The zero-order valence-electron chi connectivity index (χ0n) is 12.0. The standard InChI is InChI=1S/C12H22BrN3O4/c1-12(2,3)20-10(18)4-5-15-11(19)16-7-6-14-9(17)8-13/h4-8H2,1-3H3,(H,14,17)(H2,15,16,19). The normalized spacial score (nSPS) is 10.6. The quantitative estimate of drug-likeness (QED) is 0.354. The highest BCUT2D eigenvalue weighted by Gasteiger charge is 2.15. The van der Waals surface area contributed by atoms with Gasteiger partial charge >= 0.3 is 12.0 Å². The molecule has 20 heavy (non-hydrogen) atoms. The van der Waals surface area contributed by atoms with Crippen LogP contribution in [0.15, 0.2) is 0 Å². The van der Waals surface area contributed by atoms with Crippen molar-refractivity contribution in [3.63, 3.8) is 0 Å². The van der Waals surface area contributed by atoms with Crippen LogP contribution >= 0.6 is 15.9 Å². The van der Waals surface area contributed by atoms with Crippen LogP contribution < -0.4 is 16.0 Å². The van der Waals surface area contributed by atoms with E-state index < -0.39 is 5.60 Å². The first-order valence-electron chi connectivity index (χ1n) is 6.31. The lowest BCUT2D eigenvalue weighted by Crippen LogP contribution is -2.41. The fraction of sp³-hybridized carbons (Fsp3) is 0.750. The van der Waals surface area contributed by atoms with Crippen LogP contribution in [0.3, 0.4) is 0 Å². The Morgan fingerprint density at radius 1 is 1.00 bits per heavy atom. The van der Waals surface area contributed by atoms with E-state index in [-0.39, 0.29) is 36.2 Å². The molecular formula is C12H22BrN3O4. The molecule has 0 atom stereocenters. The Morgan fingerprint density at radius 3 is 2.10 bits per heavy atom. The van der Waals surface area contributed by atoms with Crippen molar-refractivity contribution >= 4 is 33.8 Å². The van der Waals surface area contributed by atoms with Crippen LogP contribution in [-0.2, 0) is 14.3 Å². The highest BCUT2D eigenvalue weighted by atomic mass is 79.9. The molecule has 0 aromatic rings. The van der Waals surface area contributed by atoms with Crippen LogP contribution in [0.4, 0.5) is 4.79 Å². The van der Waals surface area contributed by atoms with Gasteiger partial charge in [-0.15, -0.1) is 0 Å². The second kappa shape index (κ2) is 9.57. The topological polar surface area (TPSA) is 96.5 Å². The Morgan fingerprint density at radius 2 is 1.55 bits per heavy atom. The number of halogens is 1. The number of esters is 1. The van der Waals surface area contributed by atoms with Crippen LogP contribution in [0.1, 0.15) is 27.2 Å². The zero-order chi connectivity index (χ0) is 15.6. The molecule has 3 amide bonds. The molecule has 0 bridgehead atoms. The van der Waals surface area contributed by atoms with Crippen LogP contribution in [0, 0.1) is 0 Å². The number of nitrogens with one attached hydrogen (secondary N) is 3. The predicted octanol–water partition coefficient (Wildman–Crippen LogP) is 0.529. The molecule has 0 aliphatic rings. The smallest absolute Gasteiger partial charge is 0.314 e. The Bertz CT molecular complexity index is 342. The van der Waals surface area contributed by atoms with Crippen LogP contribution in [0.25, 0.3) is 0 Å². The summed E-state index contributed by atoms with van der Waals surface area (Å²) in [6.07, 6.45) is 0.116. The van der Waals surface area contributed by atoms with E-state index in [4.69, 9.17) is 4.74 Å². The van der Waals surface area contributed by atoms with Crippen molar-refractivity contribution in [3.8, 4) is 0 Å². The third-order valence-corrected chi connectivity index (χ3v) is 2.40. The molecule has 0 aromatic carbocycles. The van der Waals surface area contributed by atoms with Gasteiger partial charge < -0.3 is 20.7 Å². The number of hydrogen-bond acceptors (Lipinski definition) is 4. The number of ether oxygens (including phenoxy) is 1. The number of alkyl halides is 1. The molecule has 7 nitrogen and oxygen atoms in total. The molecule has 0 aromatic heterocycles. The van der Waals surface area contributed by atoms with Gasteiger partial charge in [0.2, 0.25) is 5.91 Å². The van der Waals surface area contributed by atoms with E-state index in [0.717, 1.165) is 0 Å². The van der Waals surface area contributed by atoms with Crippen LogP contribution in [0.2, 0.25) is 0 Å². The minimum Gasteiger partial charge on any atom is -0.460 e. The SMILES string of the molecule is CC(C)(C)OC(=O)CCNC(=O)NCCNC(=O)CBr. The van der Waals surface area contributed by atoms with E-state index in [2.05, 4.69) is 31.9 Å². The van der Waals surface area contributed by atoms with Gasteiger partial charge in [0.15, 0.2) is 0 Å². The van der Waals surface area contributed by atoms with Crippen molar-refractivity contribution in [1.82, 2.24) is 16.0 Å². The maximum Gasteiger partial charge on any atom is 0.314 e. The molecule has 0 saturated carbocycles. The third kappa shape index (κ3) is 11.8. The van der Waals surface area contributed by atoms with E-state index in [1.54, 1.807) is 20.8 Å². The minimum atomic E-state index is -0.521. The van der Waals surface area contributed by atoms with Gasteiger partial charge in [-0.3, -0.25) is 9.59 Å². The Hall–Kier alpha value is -1.31. The van der Waals surface area contributed by atoms with E-state index in [1.807, 2.05) is 0 Å². The first kappa shape index (κ1) is 18.7. The van der Waals surface area contributed by atoms with E-state index >= 15 is 0 Å². The van der Waals surface area contributed by atoms with Crippen molar-refractivity contribution in [3.05, 3.63) is 0 Å². The average Bonchev–Trinajstić information content (AvgIpc) is 2.32. The maximum atomic E-state index is 11.4. The molecule has 0 aliphatic carbocycles. The van der Waals surface area contributed by atoms with Crippen LogP contribution in [0.5, 0.6) is 0 Å². The summed E-state index contributed by atoms with van der Waals surface area (Å²) in [7, 11) is 0. The Labute approximate surface area is 127 Å². The first-order valence-corrected chi connectivity index (χ1v) is 7.43. The number of carbonyl (C=O) groups is 3. The van der Waals surface area contributed by atoms with Crippen LogP contribution in [-0.4, -0.2) is 48.5 Å². The average molecular weight is 352 g/mol. The lowest BCUT2D eigenvalue weighted by Gasteiger charge is -2.19. The van der Waals surface area contributed by atoms with Gasteiger partial charge in [-0.05, 0) is 20.8 Å². The number of urea groups is 1. The lowest BCUT2D eigenvalue weighted by molar-refractivity contribution is -0.154. The minimum absolute atomic E-state index is 0.116. The van der Waals surface area contributed by atoms with Crippen molar-refractivity contribution in [2.75, 3.05) is 25.0 Å². The molecule has 0 fully saturated rings. The molecule has 0 aliphatic heterocycles. The van der Waals surface area contributed by atoms with Crippen molar-refractivity contribution in [1.29, 1.82) is 0 Å². The summed E-state index contributed by atoms with van der Waals surface area (Å²) >= 11 is 3.01. The molecule has 0 unspecified atom stereocenters. The summed E-state index contributed by atoms with van der Waals surface area (Å²) in [5.41, 5.74) is -0.521. The van der Waals surface area contributed by atoms with Gasteiger partial charge in [-0.1, -0.05) is 15.9 Å². The lowest BCUT2D eigenvalue weighted by atomic mass is 10.2. The molecule has 0 rings (SSSR count). The van der Waals surface area contributed by atoms with Gasteiger partial charge in [0.05, 0.1) is 11.8 Å². The van der Waals surface area contributed by atoms with Gasteiger partial charge in [0.25, 0.3) is 0 Å². The zero-order valence-corrected chi connectivity index (χ0v) is 13.6. The molecule has 8 heteroatoms. The van der Waals surface area contributed by atoms with Gasteiger partial charge in [-0.25, -0.2) is 4.79 Å². The first-order chi connectivity index (χ1) is 9.24. The second-order valence-corrected chi connectivity index (χ2v) is 5.56. The van der Waals surface area contributed by atoms with E-state index in [9.17, 15) is 14.4 Å². The monoisotopic (exact) mass is 351 g/mol. The fourth-order valence-corrected chi connectivity index (χ4v) is 1.36. The number of carbonyl (C=O) groups excluding carboxylic acids is 3. The number of amides is 3. The largest absolute Gasteiger partial charge is 0.460 e. The molecule has 0 spiro atoms. The molecule has 3 N–H and O–H groups in total. The third-order valence-electron chi connectivity index (χ3n) is 1.89. The Balaban J connectivity index is 3.59. The van der Waals surface area contributed by atoms with E-state index in [1.165, 1.54) is 0 Å². The molecule has 0 radical (unpaired) electrons. The van der Waals surface area contributed by atoms with Gasteiger partial charge in [-0.2, -0.15) is 0 Å². The van der Waals surface area contributed by atoms with Crippen molar-refractivity contribution in [2.24, 2.45) is 0 Å². The van der Waals surface area contributed by atoms with Gasteiger partial charge in [0.1, 0.15) is 5.60 Å². The summed E-state index contributed by atoms with van der Waals surface area (Å²) in [5.74, 6) is -0.500. The van der Waals surface area contributed by atoms with E-state index in [0.29, 0.717) is 13.1 Å². The highest BCUT2D eigenvalue weighted by Crippen LogP contribution is 2.07. The number of hydrogen-bond donors (Lipinski definition) is 3. The molecular weight excluding hydrogens is 330 g/mol. The maximum absolute atomic E-state index is 11.4. The summed E-state index contributed by atoms with van der Waals surface area (Å²) in [6, 6.07) is -0.387. The summed E-state index contributed by atoms with van der Waals surface area (Å²) < 4.78 is 5.09. The second-order valence-electron chi connectivity index (χ2n) is 5.00. The van der Waals surface area contributed by atoms with Gasteiger partial charge in [0, 0.05) is 19.6 Å². The summed E-state index contributed by atoms with van der Waals surface area (Å²) in [6.45, 7) is 6.22. The Kier molecular flexibility index (Phi) is 8.94. The summed E-state index contributed by atoms with van der Waals surface area (Å²) in [4.78, 5) is 33.6. The summed E-state index contributed by atoms with van der Waals surface area (Å²) in [5, 5.41) is 7.90. The van der Waals surface area contributed by atoms with Crippen molar-refractivity contribution in [2.45, 2.75) is 32.8 Å². The molecule has 116 valence electrons. The highest BCUT2D eigenvalue weighted by molar-refractivity contribution is 9.09. The predicted molar refractivity (Wildman–Crippen MR) is 78.7 cm³/mol. The number of rotatable bonds is 7. The van der Waals surface area contributed by atoms with Crippen molar-refractivity contribution < 1.29 is 19.1 Å². The fourth-order valence-electron chi connectivity index (χ4n) is 1.16.